The quantitative estimate of drug-likeness (QED) is 0.909. The molecule has 21 heavy (non-hydrogen) atoms. The van der Waals surface area contributed by atoms with Crippen molar-refractivity contribution in [3.05, 3.63) is 36.5 Å². The molecule has 5 heteroatoms. The normalized spacial score (nSPS) is 11.2. The number of para-hydroxylation sites is 1. The third-order valence-corrected chi connectivity index (χ3v) is 3.00. The molecule has 1 aromatic carbocycles. The van der Waals surface area contributed by atoms with Gasteiger partial charge in [-0.2, -0.15) is 0 Å². The van der Waals surface area contributed by atoms with Crippen LogP contribution in [0, 0.1) is 5.41 Å². The maximum atomic E-state index is 11.9. The number of nitrogens with zero attached hydrogens (tertiary/aromatic N) is 1. The third-order valence-electron chi connectivity index (χ3n) is 3.00. The van der Waals surface area contributed by atoms with E-state index in [4.69, 9.17) is 0 Å². The number of hydrogen-bond acceptors (Lipinski definition) is 3. The standard InChI is InChI=1S/C16H19N3O2/c1-16(2,3)15(21)18-10-13(20)19-12-8-4-6-11-7-5-9-17-14(11)12/h4-9H,10H2,1-3H3,(H,18,21)(H,19,20). The van der Waals surface area contributed by atoms with Gasteiger partial charge in [-0.1, -0.05) is 39.0 Å². The molecule has 2 rings (SSSR count). The topological polar surface area (TPSA) is 71.1 Å². The van der Waals surface area contributed by atoms with Crippen LogP contribution in [0.25, 0.3) is 10.9 Å². The Morgan fingerprint density at radius 2 is 1.86 bits per heavy atom. The van der Waals surface area contributed by atoms with Gasteiger partial charge in [0.1, 0.15) is 0 Å². The minimum atomic E-state index is -0.513. The summed E-state index contributed by atoms with van der Waals surface area (Å²) in [5, 5.41) is 6.35. The van der Waals surface area contributed by atoms with E-state index in [-0.39, 0.29) is 18.4 Å². The molecule has 0 radical (unpaired) electrons. The van der Waals surface area contributed by atoms with E-state index in [1.807, 2.05) is 24.3 Å². The first-order valence-corrected chi connectivity index (χ1v) is 6.80. The fourth-order valence-corrected chi connectivity index (χ4v) is 1.83. The minimum Gasteiger partial charge on any atom is -0.347 e. The third kappa shape index (κ3) is 3.78. The molecule has 0 aliphatic carbocycles. The average molecular weight is 285 g/mol. The summed E-state index contributed by atoms with van der Waals surface area (Å²) in [6, 6.07) is 9.35. The van der Waals surface area contributed by atoms with E-state index in [9.17, 15) is 9.59 Å². The molecule has 2 amide bonds. The fourth-order valence-electron chi connectivity index (χ4n) is 1.83. The van der Waals surface area contributed by atoms with Crippen molar-refractivity contribution in [1.29, 1.82) is 0 Å². The lowest BCUT2D eigenvalue weighted by Gasteiger charge is -2.17. The van der Waals surface area contributed by atoms with E-state index < -0.39 is 5.41 Å². The van der Waals surface area contributed by atoms with Gasteiger partial charge >= 0.3 is 0 Å². The molecule has 0 saturated carbocycles. The number of carbonyl (C=O) groups excluding carboxylic acids is 2. The number of anilines is 1. The van der Waals surface area contributed by atoms with Crippen LogP contribution in [0.4, 0.5) is 5.69 Å². The van der Waals surface area contributed by atoms with Crippen LogP contribution in [0.3, 0.4) is 0 Å². The van der Waals surface area contributed by atoms with Crippen molar-refractivity contribution in [2.75, 3.05) is 11.9 Å². The summed E-state index contributed by atoms with van der Waals surface area (Å²) in [4.78, 5) is 27.9. The first-order chi connectivity index (χ1) is 9.88. The second-order valence-electron chi connectivity index (χ2n) is 5.86. The molecule has 0 atom stereocenters. The van der Waals surface area contributed by atoms with Crippen molar-refractivity contribution in [1.82, 2.24) is 10.3 Å². The first-order valence-electron chi connectivity index (χ1n) is 6.80. The van der Waals surface area contributed by atoms with Crippen molar-refractivity contribution in [2.24, 2.45) is 5.41 Å². The monoisotopic (exact) mass is 285 g/mol. The Balaban J connectivity index is 2.04. The second-order valence-corrected chi connectivity index (χ2v) is 5.86. The van der Waals surface area contributed by atoms with E-state index in [1.165, 1.54) is 0 Å². The smallest absolute Gasteiger partial charge is 0.243 e. The molecule has 2 aromatic rings. The minimum absolute atomic E-state index is 0.0562. The molecule has 5 nitrogen and oxygen atoms in total. The molecule has 2 N–H and O–H groups in total. The van der Waals surface area contributed by atoms with Crippen molar-refractivity contribution in [2.45, 2.75) is 20.8 Å². The van der Waals surface area contributed by atoms with Gasteiger partial charge in [-0.15, -0.1) is 0 Å². The van der Waals surface area contributed by atoms with Crippen LogP contribution in [-0.4, -0.2) is 23.3 Å². The number of nitrogens with one attached hydrogen (secondary N) is 2. The van der Waals surface area contributed by atoms with Crippen LogP contribution in [-0.2, 0) is 9.59 Å². The van der Waals surface area contributed by atoms with Gasteiger partial charge in [-0.25, -0.2) is 0 Å². The van der Waals surface area contributed by atoms with Crippen molar-refractivity contribution in [3.63, 3.8) is 0 Å². The highest BCUT2D eigenvalue weighted by atomic mass is 16.2. The van der Waals surface area contributed by atoms with Gasteiger partial charge in [0.15, 0.2) is 0 Å². The zero-order valence-corrected chi connectivity index (χ0v) is 12.4. The van der Waals surface area contributed by atoms with Gasteiger partial charge in [0.25, 0.3) is 0 Å². The Morgan fingerprint density at radius 3 is 2.57 bits per heavy atom. The molecule has 0 spiro atoms. The van der Waals surface area contributed by atoms with E-state index in [0.717, 1.165) is 10.9 Å². The van der Waals surface area contributed by atoms with Gasteiger partial charge in [-0.3, -0.25) is 14.6 Å². The van der Waals surface area contributed by atoms with Gasteiger partial charge < -0.3 is 10.6 Å². The van der Waals surface area contributed by atoms with Crippen LogP contribution < -0.4 is 10.6 Å². The predicted octanol–water partition coefficient (Wildman–Crippen LogP) is 2.34. The number of hydrogen-bond donors (Lipinski definition) is 2. The summed E-state index contributed by atoms with van der Waals surface area (Å²) in [5.74, 6) is -0.431. The summed E-state index contributed by atoms with van der Waals surface area (Å²) < 4.78 is 0. The van der Waals surface area contributed by atoms with Crippen LogP contribution in [0.1, 0.15) is 20.8 Å². The van der Waals surface area contributed by atoms with E-state index in [0.29, 0.717) is 5.69 Å². The molecule has 0 aliphatic heterocycles. The molecule has 0 saturated heterocycles. The van der Waals surface area contributed by atoms with Gasteiger partial charge in [-0.05, 0) is 12.1 Å². The molecule has 0 fully saturated rings. The number of carbonyl (C=O) groups is 2. The Bertz CT molecular complexity index is 669. The maximum Gasteiger partial charge on any atom is 0.243 e. The number of aromatic nitrogens is 1. The summed E-state index contributed by atoms with van der Waals surface area (Å²) in [5.41, 5.74) is 0.861. The van der Waals surface area contributed by atoms with Crippen molar-refractivity contribution in [3.8, 4) is 0 Å². The average Bonchev–Trinajstić information content (AvgIpc) is 2.44. The molecule has 0 unspecified atom stereocenters. The van der Waals surface area contributed by atoms with Crippen molar-refractivity contribution < 1.29 is 9.59 Å². The Hall–Kier alpha value is -2.43. The Kier molecular flexibility index (Phi) is 4.21. The van der Waals surface area contributed by atoms with Crippen LogP contribution in [0.5, 0.6) is 0 Å². The second kappa shape index (κ2) is 5.91. The zero-order valence-electron chi connectivity index (χ0n) is 12.4. The number of amides is 2. The van der Waals surface area contributed by atoms with Crippen LogP contribution >= 0.6 is 0 Å². The van der Waals surface area contributed by atoms with Crippen LogP contribution in [0.15, 0.2) is 36.5 Å². The van der Waals surface area contributed by atoms with Gasteiger partial charge in [0.05, 0.1) is 17.7 Å². The van der Waals surface area contributed by atoms with Gasteiger partial charge in [0, 0.05) is 17.0 Å². The van der Waals surface area contributed by atoms with Crippen molar-refractivity contribution >= 4 is 28.4 Å². The largest absolute Gasteiger partial charge is 0.347 e. The summed E-state index contributed by atoms with van der Waals surface area (Å²) >= 11 is 0. The molecule has 0 aliphatic rings. The van der Waals surface area contributed by atoms with E-state index >= 15 is 0 Å². The number of pyridine rings is 1. The highest BCUT2D eigenvalue weighted by Crippen LogP contribution is 2.20. The SMILES string of the molecule is CC(C)(C)C(=O)NCC(=O)Nc1cccc2cccnc12. The lowest BCUT2D eigenvalue weighted by atomic mass is 9.96. The lowest BCUT2D eigenvalue weighted by Crippen LogP contribution is -2.39. The van der Waals surface area contributed by atoms with Crippen LogP contribution in [0.2, 0.25) is 0 Å². The highest BCUT2D eigenvalue weighted by molar-refractivity contribution is 6.01. The Labute approximate surface area is 123 Å². The fraction of sp³-hybridized carbons (Fsp3) is 0.312. The summed E-state index contributed by atoms with van der Waals surface area (Å²) in [7, 11) is 0. The summed E-state index contributed by atoms with van der Waals surface area (Å²) in [6.07, 6.45) is 1.68. The van der Waals surface area contributed by atoms with Gasteiger partial charge in [0.2, 0.25) is 11.8 Å². The number of fused-ring (bicyclic) bond motifs is 1. The molecule has 110 valence electrons. The maximum absolute atomic E-state index is 11.9. The zero-order chi connectivity index (χ0) is 15.5. The number of benzene rings is 1. The highest BCUT2D eigenvalue weighted by Gasteiger charge is 2.21. The predicted molar refractivity (Wildman–Crippen MR) is 82.8 cm³/mol. The van der Waals surface area contributed by atoms with E-state index in [1.54, 1.807) is 33.0 Å². The molecule has 1 aromatic heterocycles. The first kappa shape index (κ1) is 15.0. The number of rotatable bonds is 3. The van der Waals surface area contributed by atoms with E-state index in [2.05, 4.69) is 15.6 Å². The lowest BCUT2D eigenvalue weighted by molar-refractivity contribution is -0.130. The summed E-state index contributed by atoms with van der Waals surface area (Å²) in [6.45, 7) is 5.35. The molecule has 0 bridgehead atoms. The molecular weight excluding hydrogens is 266 g/mol. The molecule has 1 heterocycles. The molecular formula is C16H19N3O2. The Morgan fingerprint density at radius 1 is 1.14 bits per heavy atom.